The fourth-order valence-electron chi connectivity index (χ4n) is 10.2. The van der Waals surface area contributed by atoms with Crippen LogP contribution in [0.2, 0.25) is 0 Å². The van der Waals surface area contributed by atoms with Gasteiger partial charge in [0.2, 0.25) is 0 Å². The van der Waals surface area contributed by atoms with Crippen molar-refractivity contribution in [2.45, 2.75) is 111 Å². The highest BCUT2D eigenvalue weighted by Gasteiger charge is 2.72. The maximum atomic E-state index is 12.4. The monoisotopic (exact) mass is 470 g/mol. The molecule has 12 atom stereocenters. The van der Waals surface area contributed by atoms with Crippen molar-refractivity contribution in [3.05, 3.63) is 11.6 Å². The van der Waals surface area contributed by atoms with Crippen LogP contribution in [0.25, 0.3) is 0 Å². The number of fused-ring (bicyclic) bond motifs is 7. The number of carbonyl (C=O) groups excluding carboxylic acids is 1. The predicted molar refractivity (Wildman–Crippen MR) is 132 cm³/mol. The molecule has 2 heterocycles. The number of allylic oxidation sites excluding steroid dienone is 2. The van der Waals surface area contributed by atoms with Gasteiger partial charge >= 0.3 is 5.97 Å². The smallest absolute Gasteiger partial charge is 0.302 e. The molecule has 0 radical (unpaired) electrons. The molecule has 0 N–H and O–H groups in total. The first-order chi connectivity index (χ1) is 16.1. The van der Waals surface area contributed by atoms with Crippen LogP contribution >= 0.6 is 0 Å². The summed E-state index contributed by atoms with van der Waals surface area (Å²) in [7, 11) is 0. The Hall–Kier alpha value is -0.870. The van der Waals surface area contributed by atoms with E-state index in [1.807, 2.05) is 0 Å². The topological polar surface area (TPSA) is 44.8 Å². The average molecular weight is 471 g/mol. The Morgan fingerprint density at radius 3 is 2.56 bits per heavy atom. The molecule has 2 saturated heterocycles. The van der Waals surface area contributed by atoms with Crippen LogP contribution in [-0.2, 0) is 19.0 Å². The van der Waals surface area contributed by atoms with Gasteiger partial charge in [0.25, 0.3) is 0 Å². The molecule has 6 rings (SSSR count). The van der Waals surface area contributed by atoms with Crippen LogP contribution in [0.4, 0.5) is 0 Å². The molecule has 190 valence electrons. The molecule has 0 aromatic rings. The largest absolute Gasteiger partial charge is 0.462 e. The van der Waals surface area contributed by atoms with E-state index in [1.54, 1.807) is 12.5 Å². The standard InChI is InChI=1S/C30H46O4/c1-17-9-11-28(5)21(13-17)7-8-22-23(28)15-26(33-20(4)31)29(6)24(22)14-25-27(29)19(3)30(34-25)12-10-18(2)16-32-30/h13,17-19,22-27H,7-12,14-16H2,1-6H3/t17-,18?,19+,22?,23?,24?,25?,26+,27?,28+,29-,30?/m1/s1. The van der Waals surface area contributed by atoms with Gasteiger partial charge in [0.05, 0.1) is 12.7 Å². The molecule has 34 heavy (non-hydrogen) atoms. The Morgan fingerprint density at radius 2 is 1.85 bits per heavy atom. The summed E-state index contributed by atoms with van der Waals surface area (Å²) in [6.07, 6.45) is 12.2. The second-order valence-electron chi connectivity index (χ2n) is 13.7. The first-order valence-corrected chi connectivity index (χ1v) is 14.3. The summed E-state index contributed by atoms with van der Waals surface area (Å²) in [6.45, 7) is 14.4. The Balaban J connectivity index is 1.36. The Kier molecular flexibility index (Phi) is 5.41. The van der Waals surface area contributed by atoms with E-state index in [4.69, 9.17) is 14.2 Å². The average Bonchev–Trinajstić information content (AvgIpc) is 3.23. The van der Waals surface area contributed by atoms with Gasteiger partial charge in [-0.1, -0.05) is 46.3 Å². The number of ether oxygens (including phenoxy) is 3. The number of hydrogen-bond donors (Lipinski definition) is 0. The van der Waals surface area contributed by atoms with Gasteiger partial charge in [-0.15, -0.1) is 0 Å². The minimum Gasteiger partial charge on any atom is -0.462 e. The summed E-state index contributed by atoms with van der Waals surface area (Å²) in [6, 6.07) is 0. The minimum absolute atomic E-state index is 0.0227. The lowest BCUT2D eigenvalue weighted by molar-refractivity contribution is -0.274. The molecule has 4 nitrogen and oxygen atoms in total. The molecule has 7 unspecified atom stereocenters. The summed E-state index contributed by atoms with van der Waals surface area (Å²) in [5.74, 6) is 3.36. The second kappa shape index (κ2) is 7.81. The first-order valence-electron chi connectivity index (χ1n) is 14.3. The minimum atomic E-state index is -0.429. The van der Waals surface area contributed by atoms with Gasteiger partial charge in [0.1, 0.15) is 6.10 Å². The molecule has 5 fully saturated rings. The fourth-order valence-corrected chi connectivity index (χ4v) is 10.2. The second-order valence-corrected chi connectivity index (χ2v) is 13.7. The van der Waals surface area contributed by atoms with Crippen molar-refractivity contribution in [3.8, 4) is 0 Å². The quantitative estimate of drug-likeness (QED) is 0.323. The SMILES string of the molecule is CC(=O)O[C@H]1CC2C(CCC3=C[C@H](C)CC[C@@]32C)C2CC3OC4(CCC(C)CO4)[C@@H](C)C3[C@]21C. The molecule has 0 amide bonds. The molecule has 3 saturated carbocycles. The van der Waals surface area contributed by atoms with Crippen molar-refractivity contribution in [2.75, 3.05) is 6.61 Å². The number of hydrogen-bond acceptors (Lipinski definition) is 4. The number of rotatable bonds is 1. The highest BCUT2D eigenvalue weighted by atomic mass is 16.7. The van der Waals surface area contributed by atoms with Gasteiger partial charge in [-0.3, -0.25) is 4.79 Å². The molecule has 0 bridgehead atoms. The molecule has 6 aliphatic rings. The highest BCUT2D eigenvalue weighted by molar-refractivity contribution is 5.66. The summed E-state index contributed by atoms with van der Waals surface area (Å²) >= 11 is 0. The van der Waals surface area contributed by atoms with E-state index < -0.39 is 5.79 Å². The van der Waals surface area contributed by atoms with E-state index in [9.17, 15) is 4.79 Å². The van der Waals surface area contributed by atoms with Gasteiger partial charge in [0, 0.05) is 30.6 Å². The molecule has 0 aromatic heterocycles. The van der Waals surface area contributed by atoms with E-state index in [2.05, 4.69) is 40.7 Å². The lowest BCUT2D eigenvalue weighted by Crippen LogP contribution is -2.58. The van der Waals surface area contributed by atoms with Crippen molar-refractivity contribution >= 4 is 5.97 Å². The molecule has 2 aliphatic heterocycles. The molecule has 1 spiro atoms. The Morgan fingerprint density at radius 1 is 1.06 bits per heavy atom. The summed E-state index contributed by atoms with van der Waals surface area (Å²) in [5, 5.41) is 0. The van der Waals surface area contributed by atoms with E-state index in [0.717, 1.165) is 25.9 Å². The summed E-state index contributed by atoms with van der Waals surface area (Å²) in [4.78, 5) is 12.4. The third-order valence-electron chi connectivity index (χ3n) is 12.0. The third-order valence-corrected chi connectivity index (χ3v) is 12.0. The first kappa shape index (κ1) is 23.5. The van der Waals surface area contributed by atoms with Crippen LogP contribution in [0, 0.1) is 52.3 Å². The molecule has 0 aromatic carbocycles. The van der Waals surface area contributed by atoms with E-state index in [-0.39, 0.29) is 29.0 Å². The molecule has 4 heteroatoms. The highest BCUT2D eigenvalue weighted by Crippen LogP contribution is 2.71. The van der Waals surface area contributed by atoms with E-state index in [0.29, 0.717) is 41.4 Å². The number of esters is 1. The van der Waals surface area contributed by atoms with Crippen LogP contribution in [0.3, 0.4) is 0 Å². The predicted octanol–water partition coefficient (Wildman–Crippen LogP) is 6.53. The Bertz CT molecular complexity index is 871. The van der Waals surface area contributed by atoms with Crippen molar-refractivity contribution in [3.63, 3.8) is 0 Å². The van der Waals surface area contributed by atoms with Crippen LogP contribution in [0.15, 0.2) is 11.6 Å². The van der Waals surface area contributed by atoms with E-state index >= 15 is 0 Å². The molecular formula is C30H46O4. The normalized spacial score (nSPS) is 56.2. The lowest BCUT2D eigenvalue weighted by atomic mass is 9.45. The van der Waals surface area contributed by atoms with Crippen LogP contribution < -0.4 is 0 Å². The van der Waals surface area contributed by atoms with Gasteiger partial charge in [-0.05, 0) is 80.0 Å². The van der Waals surface area contributed by atoms with Crippen LogP contribution in [0.5, 0.6) is 0 Å². The van der Waals surface area contributed by atoms with E-state index in [1.165, 1.54) is 32.1 Å². The summed E-state index contributed by atoms with van der Waals surface area (Å²) in [5.41, 5.74) is 1.93. The summed E-state index contributed by atoms with van der Waals surface area (Å²) < 4.78 is 19.7. The lowest BCUT2D eigenvalue weighted by Gasteiger charge is -2.61. The molecule has 4 aliphatic carbocycles. The van der Waals surface area contributed by atoms with Crippen LogP contribution in [-0.4, -0.2) is 30.6 Å². The number of carbonyl (C=O) groups is 1. The van der Waals surface area contributed by atoms with Crippen molar-refractivity contribution in [1.82, 2.24) is 0 Å². The maximum Gasteiger partial charge on any atom is 0.302 e. The zero-order chi connectivity index (χ0) is 24.0. The Labute approximate surface area is 206 Å². The van der Waals surface area contributed by atoms with Crippen LogP contribution in [0.1, 0.15) is 92.9 Å². The van der Waals surface area contributed by atoms with Crippen molar-refractivity contribution in [1.29, 1.82) is 0 Å². The zero-order valence-corrected chi connectivity index (χ0v) is 22.3. The van der Waals surface area contributed by atoms with Gasteiger partial charge in [-0.2, -0.15) is 0 Å². The zero-order valence-electron chi connectivity index (χ0n) is 22.3. The van der Waals surface area contributed by atoms with Crippen molar-refractivity contribution < 1.29 is 19.0 Å². The molecular weight excluding hydrogens is 424 g/mol. The fraction of sp³-hybridized carbons (Fsp3) is 0.900. The van der Waals surface area contributed by atoms with Gasteiger partial charge < -0.3 is 14.2 Å². The van der Waals surface area contributed by atoms with Gasteiger partial charge in [0.15, 0.2) is 5.79 Å². The van der Waals surface area contributed by atoms with Gasteiger partial charge in [-0.25, -0.2) is 0 Å². The third kappa shape index (κ3) is 3.12. The van der Waals surface area contributed by atoms with Crippen molar-refractivity contribution in [2.24, 2.45) is 52.3 Å². The maximum absolute atomic E-state index is 12.4.